The van der Waals surface area contributed by atoms with Crippen molar-refractivity contribution in [3.05, 3.63) is 35.9 Å². The summed E-state index contributed by atoms with van der Waals surface area (Å²) in [4.78, 5) is 10.2. The van der Waals surface area contributed by atoms with Crippen LogP contribution in [-0.4, -0.2) is 39.5 Å². The van der Waals surface area contributed by atoms with E-state index in [2.05, 4.69) is 46.7 Å². The van der Waals surface area contributed by atoms with Crippen molar-refractivity contribution in [2.45, 2.75) is 0 Å². The van der Waals surface area contributed by atoms with Crippen LogP contribution in [0.3, 0.4) is 0 Å². The van der Waals surface area contributed by atoms with Crippen molar-refractivity contribution in [2.24, 2.45) is 0 Å². The molecule has 4 nitrogen and oxygen atoms in total. The maximum absolute atomic E-state index is 10.2. The van der Waals surface area contributed by atoms with E-state index in [0.29, 0.717) is 5.56 Å². The Balaban J connectivity index is -0.000000207. The third kappa shape index (κ3) is 21.8. The molecule has 0 amide bonds. The van der Waals surface area contributed by atoms with Crippen LogP contribution in [0, 0.1) is 0 Å². The molecule has 1 aromatic carbocycles. The molecule has 0 aliphatic carbocycles. The second-order valence-electron chi connectivity index (χ2n) is 2.49. The molecule has 0 saturated carbocycles. The van der Waals surface area contributed by atoms with Gasteiger partial charge in [0, 0.05) is 65.7 Å². The van der Waals surface area contributed by atoms with Crippen LogP contribution in [0.25, 0.3) is 0 Å². The number of ether oxygens (including phenoxy) is 2. The van der Waals surface area contributed by atoms with Crippen LogP contribution in [0.15, 0.2) is 30.3 Å². The molecule has 1 aromatic rings. The van der Waals surface area contributed by atoms with Gasteiger partial charge in [-0.25, -0.2) is 4.79 Å². The molecule has 0 heterocycles. The van der Waals surface area contributed by atoms with Gasteiger partial charge in [0.25, 0.3) is 0 Å². The molecule has 100 valence electrons. The maximum Gasteiger partial charge on any atom is 0.335 e. The Morgan fingerprint density at radius 1 is 1.00 bits per heavy atom. The third-order valence-corrected chi connectivity index (χ3v) is 1.02. The first kappa shape index (κ1) is 22.3. The highest BCUT2D eigenvalue weighted by molar-refractivity contribution is 15.0. The number of aromatic carboxylic acids is 1. The second kappa shape index (κ2) is 21.4. The van der Waals surface area contributed by atoms with Crippen LogP contribution < -0.4 is 0 Å². The van der Waals surface area contributed by atoms with Crippen LogP contribution in [-0.2, 0) is 9.47 Å². The number of halogens is 2. The molecule has 0 bridgehead atoms. The summed E-state index contributed by atoms with van der Waals surface area (Å²) in [7, 11) is 6.50. The smallest absolute Gasteiger partial charge is 0.335 e. The van der Waals surface area contributed by atoms with Crippen LogP contribution in [0.5, 0.6) is 0 Å². The Bertz CT molecular complexity index is 240. The Kier molecular flexibility index (Phi) is 28.0. The van der Waals surface area contributed by atoms with Gasteiger partial charge in [-0.15, -0.1) is 0 Å². The highest BCUT2D eigenvalue weighted by Gasteiger charge is 1.96. The second-order valence-corrected chi connectivity index (χ2v) is 2.49. The molecule has 1 rings (SSSR count). The van der Waals surface area contributed by atoms with Crippen molar-refractivity contribution in [1.82, 2.24) is 0 Å². The fourth-order valence-electron chi connectivity index (χ4n) is 0.581. The topological polar surface area (TPSA) is 55.8 Å². The maximum atomic E-state index is 10.2. The lowest BCUT2D eigenvalue weighted by Crippen LogP contribution is -1.93. The summed E-state index contributed by atoms with van der Waals surface area (Å²) in [5.41, 5.74) is 0.331. The first-order chi connectivity index (χ1) is 8.13. The summed E-state index contributed by atoms with van der Waals surface area (Å²) in [6.07, 6.45) is 0. The number of carboxylic acids is 1. The van der Waals surface area contributed by atoms with Gasteiger partial charge in [0.15, 0.2) is 0 Å². The molecule has 0 aliphatic rings. The lowest BCUT2D eigenvalue weighted by molar-refractivity contribution is 0.0697. The molecule has 6 heteroatoms. The number of hydrogen-bond acceptors (Lipinski definition) is 3. The van der Waals surface area contributed by atoms with Crippen LogP contribution in [0.1, 0.15) is 10.4 Å². The number of carbonyl (C=O) groups is 1. The fourth-order valence-corrected chi connectivity index (χ4v) is 0.581. The molecular formula is C11H18I2O4. The fraction of sp³-hybridized carbons (Fsp3) is 0.364. The van der Waals surface area contributed by atoms with E-state index in [0.717, 1.165) is 0 Å². The standard InChI is InChI=1S/C7H6O2.2C2H6O.I2/c8-7(9)6-4-2-1-3-5-6;2*1-3-2;1-2/h1-5H,(H,8,9);2*1-2H3;. The molecule has 0 radical (unpaired) electrons. The first-order valence-corrected chi connectivity index (χ1v) is 10.6. The number of rotatable bonds is 1. The predicted molar refractivity (Wildman–Crippen MR) is 87.3 cm³/mol. The van der Waals surface area contributed by atoms with Crippen LogP contribution in [0.2, 0.25) is 0 Å². The molecule has 0 spiro atoms. The van der Waals surface area contributed by atoms with Gasteiger partial charge in [-0.05, 0) is 12.1 Å². The zero-order valence-electron chi connectivity index (χ0n) is 10.3. The van der Waals surface area contributed by atoms with Crippen LogP contribution in [0.4, 0.5) is 0 Å². The van der Waals surface area contributed by atoms with E-state index in [-0.39, 0.29) is 0 Å². The van der Waals surface area contributed by atoms with Crippen molar-refractivity contribution < 1.29 is 19.4 Å². The molecule has 0 aliphatic heterocycles. The van der Waals surface area contributed by atoms with Gasteiger partial charge in [-0.3, -0.25) is 0 Å². The SMILES string of the molecule is COC.COC.II.O=C(O)c1ccccc1. The first-order valence-electron chi connectivity index (χ1n) is 4.36. The van der Waals surface area contributed by atoms with Crippen molar-refractivity contribution in [3.63, 3.8) is 0 Å². The van der Waals surface area contributed by atoms with Crippen molar-refractivity contribution >= 4 is 43.2 Å². The summed E-state index contributed by atoms with van der Waals surface area (Å²) < 4.78 is 8.50. The average molecular weight is 468 g/mol. The summed E-state index contributed by atoms with van der Waals surface area (Å²) in [5.74, 6) is -0.879. The Morgan fingerprint density at radius 3 is 1.47 bits per heavy atom. The highest BCUT2D eigenvalue weighted by Crippen LogP contribution is 1.96. The third-order valence-electron chi connectivity index (χ3n) is 1.02. The molecule has 0 unspecified atom stereocenters. The van der Waals surface area contributed by atoms with Gasteiger partial charge < -0.3 is 14.6 Å². The molecule has 1 N–H and O–H groups in total. The summed E-state index contributed by atoms with van der Waals surface area (Å²) >= 11 is 4.24. The van der Waals surface area contributed by atoms with E-state index in [1.54, 1.807) is 58.8 Å². The summed E-state index contributed by atoms with van der Waals surface area (Å²) in [6.45, 7) is 0. The lowest BCUT2D eigenvalue weighted by Gasteiger charge is -1.88. The molecule has 0 saturated heterocycles. The molecule has 0 atom stereocenters. The minimum Gasteiger partial charge on any atom is -0.478 e. The quantitative estimate of drug-likeness (QED) is 0.640. The zero-order chi connectivity index (χ0) is 14.1. The van der Waals surface area contributed by atoms with Gasteiger partial charge in [-0.1, -0.05) is 18.2 Å². The van der Waals surface area contributed by atoms with E-state index < -0.39 is 5.97 Å². The zero-order valence-corrected chi connectivity index (χ0v) is 14.6. The van der Waals surface area contributed by atoms with Crippen molar-refractivity contribution in [1.29, 1.82) is 0 Å². The van der Waals surface area contributed by atoms with Gasteiger partial charge in [0.1, 0.15) is 0 Å². The number of hydrogen-bond donors (Lipinski definition) is 1. The lowest BCUT2D eigenvalue weighted by atomic mass is 10.2. The predicted octanol–water partition coefficient (Wildman–Crippen LogP) is 3.68. The van der Waals surface area contributed by atoms with Crippen molar-refractivity contribution in [3.8, 4) is 0 Å². The molecule has 17 heavy (non-hydrogen) atoms. The normalized spacial score (nSPS) is 7.18. The molecular weight excluding hydrogens is 450 g/mol. The molecule has 0 aromatic heterocycles. The van der Waals surface area contributed by atoms with E-state index >= 15 is 0 Å². The van der Waals surface area contributed by atoms with E-state index in [1.807, 2.05) is 0 Å². The van der Waals surface area contributed by atoms with Gasteiger partial charge in [0.2, 0.25) is 0 Å². The monoisotopic (exact) mass is 468 g/mol. The number of methoxy groups -OCH3 is 2. The van der Waals surface area contributed by atoms with E-state index in [4.69, 9.17) is 5.11 Å². The van der Waals surface area contributed by atoms with Crippen molar-refractivity contribution in [2.75, 3.05) is 28.4 Å². The Labute approximate surface area is 126 Å². The minimum absolute atomic E-state index is 0.331. The average Bonchev–Trinajstić information content (AvgIpc) is 2.35. The molecule has 0 fully saturated rings. The van der Waals surface area contributed by atoms with Crippen LogP contribution >= 0.6 is 37.2 Å². The highest BCUT2D eigenvalue weighted by atomic mass is 128. The van der Waals surface area contributed by atoms with E-state index in [9.17, 15) is 4.79 Å². The Morgan fingerprint density at radius 2 is 1.29 bits per heavy atom. The Hall–Kier alpha value is 0.0700. The van der Waals surface area contributed by atoms with Gasteiger partial charge in [0.05, 0.1) is 5.56 Å². The number of benzene rings is 1. The van der Waals surface area contributed by atoms with Gasteiger partial charge in [-0.2, -0.15) is 0 Å². The van der Waals surface area contributed by atoms with E-state index in [1.165, 1.54) is 0 Å². The number of carboxylic acid groups (broad SMARTS) is 1. The minimum atomic E-state index is -0.879. The van der Waals surface area contributed by atoms with Gasteiger partial charge >= 0.3 is 5.97 Å². The summed E-state index contributed by atoms with van der Waals surface area (Å²) in [6, 6.07) is 8.30. The largest absolute Gasteiger partial charge is 0.478 e. The summed E-state index contributed by atoms with van der Waals surface area (Å²) in [5, 5.41) is 8.38.